The molecule has 6 nitrogen and oxygen atoms in total. The molecular weight excluding hydrogens is 596 g/mol. The zero-order chi connectivity index (χ0) is 26.5. The minimum Gasteiger partial charge on any atom is -0.490 e. The van der Waals surface area contributed by atoms with Crippen LogP contribution in [0.5, 0.6) is 11.5 Å². The first-order valence-corrected chi connectivity index (χ1v) is 13.6. The number of carbonyl (C=O) groups is 2. The summed E-state index contributed by atoms with van der Waals surface area (Å²) in [7, 11) is 0. The molecule has 1 aliphatic heterocycles. The molecule has 3 aromatic rings. The molecular formula is C27H22BrClN2O4S2. The smallest absolute Gasteiger partial charge is 0.285 e. The maximum atomic E-state index is 13.0. The second kappa shape index (κ2) is 12.1. The van der Waals surface area contributed by atoms with Gasteiger partial charge in [-0.2, -0.15) is 5.01 Å². The number of hydrogen-bond acceptors (Lipinski definition) is 6. The summed E-state index contributed by atoms with van der Waals surface area (Å²) in [5.41, 5.74) is 5.79. The summed E-state index contributed by atoms with van der Waals surface area (Å²) >= 11 is 16.0. The summed E-state index contributed by atoms with van der Waals surface area (Å²) in [6, 6.07) is 18.2. The van der Waals surface area contributed by atoms with Gasteiger partial charge in [-0.15, -0.1) is 0 Å². The third kappa shape index (κ3) is 6.73. The molecule has 0 atom stereocenters. The summed E-state index contributed by atoms with van der Waals surface area (Å²) in [5, 5.41) is 1.48. The highest BCUT2D eigenvalue weighted by Crippen LogP contribution is 2.39. The molecule has 1 saturated heterocycles. The molecule has 1 heterocycles. The minimum absolute atomic E-state index is 0.216. The van der Waals surface area contributed by atoms with Gasteiger partial charge < -0.3 is 9.47 Å². The molecule has 0 spiro atoms. The number of benzene rings is 3. The van der Waals surface area contributed by atoms with Gasteiger partial charge in [-0.3, -0.25) is 15.0 Å². The molecule has 0 unspecified atom stereocenters. The van der Waals surface area contributed by atoms with Crippen molar-refractivity contribution in [3.05, 3.63) is 97.3 Å². The number of nitrogens with one attached hydrogen (secondary N) is 1. The lowest BCUT2D eigenvalue weighted by Crippen LogP contribution is -2.44. The fraction of sp³-hybridized carbons (Fsp3) is 0.148. The molecule has 10 heteroatoms. The lowest BCUT2D eigenvalue weighted by atomic mass is 10.1. The average Bonchev–Trinajstić information content (AvgIpc) is 3.12. The first kappa shape index (κ1) is 27.2. The topological polar surface area (TPSA) is 67.9 Å². The Hall–Kier alpha value is -2.85. The van der Waals surface area contributed by atoms with Crippen LogP contribution in [-0.4, -0.2) is 27.8 Å². The molecule has 190 valence electrons. The first-order valence-electron chi connectivity index (χ1n) is 11.2. The Balaban J connectivity index is 1.53. The predicted octanol–water partition coefficient (Wildman–Crippen LogP) is 6.93. The highest BCUT2D eigenvalue weighted by Gasteiger charge is 2.34. The van der Waals surface area contributed by atoms with Crippen molar-refractivity contribution in [1.29, 1.82) is 0 Å². The van der Waals surface area contributed by atoms with E-state index in [1.807, 2.05) is 44.2 Å². The Bertz CT molecular complexity index is 1400. The van der Waals surface area contributed by atoms with Gasteiger partial charge in [0.1, 0.15) is 6.61 Å². The van der Waals surface area contributed by atoms with Crippen LogP contribution >= 0.6 is 51.5 Å². The minimum atomic E-state index is -0.489. The van der Waals surface area contributed by atoms with Gasteiger partial charge >= 0.3 is 0 Å². The Morgan fingerprint density at radius 3 is 2.62 bits per heavy atom. The summed E-state index contributed by atoms with van der Waals surface area (Å²) < 4.78 is 12.8. The number of rotatable bonds is 8. The van der Waals surface area contributed by atoms with Crippen molar-refractivity contribution in [1.82, 2.24) is 10.4 Å². The summed E-state index contributed by atoms with van der Waals surface area (Å²) in [5.74, 6) is 0.191. The molecule has 37 heavy (non-hydrogen) atoms. The van der Waals surface area contributed by atoms with E-state index in [1.165, 1.54) is 11.6 Å². The van der Waals surface area contributed by atoms with Gasteiger partial charge in [0, 0.05) is 10.6 Å². The van der Waals surface area contributed by atoms with Crippen LogP contribution in [0, 0.1) is 6.92 Å². The molecule has 0 saturated carbocycles. The number of hydrogen-bond donors (Lipinski definition) is 1. The second-order valence-electron chi connectivity index (χ2n) is 8.01. The zero-order valence-corrected chi connectivity index (χ0v) is 23.9. The molecule has 1 aliphatic rings. The number of amides is 2. The molecule has 2 amide bonds. The Kier molecular flexibility index (Phi) is 8.91. The number of carbonyl (C=O) groups excluding carboxylic acids is 2. The summed E-state index contributed by atoms with van der Waals surface area (Å²) in [6.07, 6.45) is 1.70. The monoisotopic (exact) mass is 616 g/mol. The van der Waals surface area contributed by atoms with Gasteiger partial charge in [-0.25, -0.2) is 0 Å². The number of nitrogens with zero attached hydrogens (tertiary/aromatic N) is 1. The molecule has 3 aromatic carbocycles. The van der Waals surface area contributed by atoms with Crippen molar-refractivity contribution in [2.45, 2.75) is 20.5 Å². The number of thioether (sulfide) groups is 1. The van der Waals surface area contributed by atoms with Crippen LogP contribution in [-0.2, 0) is 11.4 Å². The molecule has 0 radical (unpaired) electrons. The Morgan fingerprint density at radius 2 is 1.92 bits per heavy atom. The van der Waals surface area contributed by atoms with Crippen LogP contribution < -0.4 is 14.9 Å². The first-order chi connectivity index (χ1) is 17.7. The van der Waals surface area contributed by atoms with Crippen molar-refractivity contribution in [2.24, 2.45) is 0 Å². The highest BCUT2D eigenvalue weighted by atomic mass is 79.9. The van der Waals surface area contributed by atoms with Crippen molar-refractivity contribution in [3.63, 3.8) is 0 Å². The Labute approximate surface area is 238 Å². The van der Waals surface area contributed by atoms with Crippen LogP contribution in [0.15, 0.2) is 70.0 Å². The lowest BCUT2D eigenvalue weighted by Gasteiger charge is -2.16. The van der Waals surface area contributed by atoms with E-state index in [2.05, 4.69) is 21.4 Å². The van der Waals surface area contributed by atoms with E-state index < -0.39 is 11.8 Å². The van der Waals surface area contributed by atoms with Gasteiger partial charge in [0.05, 0.1) is 16.0 Å². The SMILES string of the molecule is CCOc1cc(/C=C2\SC(=S)N(NC(=O)c3cccc(Cl)c3)C2=O)cc(Br)c1OCc1ccc(C)cc1. The summed E-state index contributed by atoms with van der Waals surface area (Å²) in [6.45, 7) is 4.74. The van der Waals surface area contributed by atoms with Crippen molar-refractivity contribution >= 4 is 73.7 Å². The maximum Gasteiger partial charge on any atom is 0.285 e. The van der Waals surface area contributed by atoms with E-state index in [-0.39, 0.29) is 4.32 Å². The molecule has 1 fully saturated rings. The van der Waals surface area contributed by atoms with Crippen molar-refractivity contribution in [2.75, 3.05) is 6.61 Å². The Morgan fingerprint density at radius 1 is 1.16 bits per heavy atom. The van der Waals surface area contributed by atoms with Crippen LogP contribution in [0.1, 0.15) is 34.0 Å². The molecule has 0 aliphatic carbocycles. The van der Waals surface area contributed by atoms with Crippen molar-refractivity contribution < 1.29 is 19.1 Å². The fourth-order valence-electron chi connectivity index (χ4n) is 3.43. The molecule has 1 N–H and O–H groups in total. The van der Waals surface area contributed by atoms with E-state index in [9.17, 15) is 9.59 Å². The maximum absolute atomic E-state index is 13.0. The van der Waals surface area contributed by atoms with E-state index in [1.54, 1.807) is 30.3 Å². The molecule has 4 rings (SSSR count). The van der Waals surface area contributed by atoms with Crippen LogP contribution in [0.2, 0.25) is 5.02 Å². The van der Waals surface area contributed by atoms with Crippen LogP contribution in [0.3, 0.4) is 0 Å². The zero-order valence-electron chi connectivity index (χ0n) is 19.9. The number of ether oxygens (including phenoxy) is 2. The van der Waals surface area contributed by atoms with Gasteiger partial charge in [0.15, 0.2) is 15.8 Å². The number of aryl methyl sites for hydroxylation is 1. The quantitative estimate of drug-likeness (QED) is 0.218. The van der Waals surface area contributed by atoms with Crippen LogP contribution in [0.25, 0.3) is 6.08 Å². The second-order valence-corrected chi connectivity index (χ2v) is 11.0. The van der Waals surface area contributed by atoms with Crippen LogP contribution in [0.4, 0.5) is 0 Å². The lowest BCUT2D eigenvalue weighted by molar-refractivity contribution is -0.123. The predicted molar refractivity (Wildman–Crippen MR) is 155 cm³/mol. The van der Waals surface area contributed by atoms with E-state index in [0.29, 0.717) is 50.2 Å². The number of halogens is 2. The van der Waals surface area contributed by atoms with Crippen molar-refractivity contribution in [3.8, 4) is 11.5 Å². The largest absolute Gasteiger partial charge is 0.490 e. The molecule has 0 bridgehead atoms. The number of hydrazine groups is 1. The standard InChI is InChI=1S/C27H22BrClN2O4S2/c1-3-34-22-12-18(11-21(28)24(22)35-15-17-9-7-16(2)8-10-17)13-23-26(33)31(27(36)37-23)30-25(32)19-5-4-6-20(29)14-19/h4-14H,3,15H2,1-2H3,(H,30,32)/b23-13-. The van der Waals surface area contributed by atoms with E-state index >= 15 is 0 Å². The molecule has 0 aromatic heterocycles. The van der Waals surface area contributed by atoms with E-state index in [4.69, 9.17) is 33.3 Å². The third-order valence-electron chi connectivity index (χ3n) is 5.23. The average molecular weight is 618 g/mol. The number of thiocarbonyl (C=S) groups is 1. The van der Waals surface area contributed by atoms with Gasteiger partial charge in [-0.1, -0.05) is 59.3 Å². The fourth-order valence-corrected chi connectivity index (χ4v) is 5.37. The van der Waals surface area contributed by atoms with E-state index in [0.717, 1.165) is 22.3 Å². The van der Waals surface area contributed by atoms with Gasteiger partial charge in [0.25, 0.3) is 11.8 Å². The summed E-state index contributed by atoms with van der Waals surface area (Å²) in [4.78, 5) is 26.0. The van der Waals surface area contributed by atoms with Gasteiger partial charge in [0.2, 0.25) is 0 Å². The highest BCUT2D eigenvalue weighted by molar-refractivity contribution is 9.10. The third-order valence-corrected chi connectivity index (χ3v) is 7.35. The van der Waals surface area contributed by atoms with Gasteiger partial charge in [-0.05, 0) is 89.5 Å². The normalized spacial score (nSPS) is 14.3.